The molecule has 0 rings (SSSR count). The summed E-state index contributed by atoms with van der Waals surface area (Å²) in [6.45, 7) is 6.66. The summed E-state index contributed by atoms with van der Waals surface area (Å²) in [4.78, 5) is 0. The van der Waals surface area contributed by atoms with Gasteiger partial charge in [0.25, 0.3) is 0 Å². The molecule has 0 aromatic heterocycles. The minimum atomic E-state index is -0.122. The standard InChI is InChI=1S/C19H38O/c1-4-6-8-9-10-11-12-13-14-18(3)16-17-19(20)15-7-5-2/h16,19-20H,4-15,17H2,1-3H3/b18-16-. The van der Waals surface area contributed by atoms with Crippen molar-refractivity contribution in [1.82, 2.24) is 0 Å². The van der Waals surface area contributed by atoms with Crippen LogP contribution in [0.2, 0.25) is 0 Å². The molecule has 1 nitrogen and oxygen atoms in total. The van der Waals surface area contributed by atoms with Crippen LogP contribution in [0.5, 0.6) is 0 Å². The average molecular weight is 283 g/mol. The zero-order chi connectivity index (χ0) is 15.1. The summed E-state index contributed by atoms with van der Waals surface area (Å²) in [5.41, 5.74) is 1.46. The molecular weight excluding hydrogens is 244 g/mol. The molecule has 0 spiro atoms. The smallest absolute Gasteiger partial charge is 0.0574 e. The average Bonchev–Trinajstić information content (AvgIpc) is 2.45. The first kappa shape index (κ1) is 19.7. The molecule has 0 aliphatic rings. The first-order chi connectivity index (χ1) is 9.70. The van der Waals surface area contributed by atoms with Crippen LogP contribution in [-0.4, -0.2) is 11.2 Å². The molecule has 1 atom stereocenters. The van der Waals surface area contributed by atoms with Gasteiger partial charge >= 0.3 is 0 Å². The van der Waals surface area contributed by atoms with Crippen molar-refractivity contribution in [3.05, 3.63) is 11.6 Å². The Morgan fingerprint density at radius 1 is 0.850 bits per heavy atom. The molecule has 0 heterocycles. The Labute approximate surface area is 127 Å². The molecular formula is C19H38O. The zero-order valence-electron chi connectivity index (χ0n) is 14.3. The molecule has 0 fully saturated rings. The second kappa shape index (κ2) is 15.1. The molecule has 0 aromatic rings. The Hall–Kier alpha value is -0.300. The summed E-state index contributed by atoms with van der Waals surface area (Å²) in [7, 11) is 0. The van der Waals surface area contributed by atoms with E-state index in [1.54, 1.807) is 0 Å². The van der Waals surface area contributed by atoms with Crippen LogP contribution in [0.25, 0.3) is 0 Å². The number of unbranched alkanes of at least 4 members (excludes halogenated alkanes) is 8. The summed E-state index contributed by atoms with van der Waals surface area (Å²) in [5, 5.41) is 9.80. The van der Waals surface area contributed by atoms with Gasteiger partial charge in [-0.1, -0.05) is 83.3 Å². The summed E-state index contributed by atoms with van der Waals surface area (Å²) < 4.78 is 0. The van der Waals surface area contributed by atoms with Gasteiger partial charge in [-0.3, -0.25) is 0 Å². The third-order valence-corrected chi connectivity index (χ3v) is 4.05. The van der Waals surface area contributed by atoms with E-state index in [0.29, 0.717) is 0 Å². The van der Waals surface area contributed by atoms with Crippen LogP contribution in [0.1, 0.15) is 104 Å². The fourth-order valence-electron chi connectivity index (χ4n) is 2.53. The number of allylic oxidation sites excluding steroid dienone is 1. The van der Waals surface area contributed by atoms with E-state index in [4.69, 9.17) is 0 Å². The topological polar surface area (TPSA) is 20.2 Å². The molecule has 0 saturated heterocycles. The normalized spacial score (nSPS) is 13.7. The van der Waals surface area contributed by atoms with E-state index in [0.717, 1.165) is 19.3 Å². The maximum Gasteiger partial charge on any atom is 0.0574 e. The van der Waals surface area contributed by atoms with Gasteiger partial charge in [0.1, 0.15) is 0 Å². The Bertz CT molecular complexity index is 220. The van der Waals surface area contributed by atoms with Gasteiger partial charge in [0.05, 0.1) is 6.10 Å². The van der Waals surface area contributed by atoms with Gasteiger partial charge in [0.2, 0.25) is 0 Å². The lowest BCUT2D eigenvalue weighted by atomic mass is 10.0. The third kappa shape index (κ3) is 14.1. The van der Waals surface area contributed by atoms with E-state index in [-0.39, 0.29) is 6.10 Å². The lowest BCUT2D eigenvalue weighted by Crippen LogP contribution is -2.04. The monoisotopic (exact) mass is 282 g/mol. The molecule has 1 unspecified atom stereocenters. The first-order valence-corrected chi connectivity index (χ1v) is 9.04. The van der Waals surface area contributed by atoms with Crippen LogP contribution >= 0.6 is 0 Å². The van der Waals surface area contributed by atoms with Crippen LogP contribution < -0.4 is 0 Å². The first-order valence-electron chi connectivity index (χ1n) is 9.04. The highest BCUT2D eigenvalue weighted by atomic mass is 16.3. The Kier molecular flexibility index (Phi) is 14.9. The zero-order valence-corrected chi connectivity index (χ0v) is 14.3. The Balaban J connectivity index is 3.40. The van der Waals surface area contributed by atoms with Crippen molar-refractivity contribution >= 4 is 0 Å². The van der Waals surface area contributed by atoms with Crippen LogP contribution in [-0.2, 0) is 0 Å². The number of aliphatic hydroxyl groups is 1. The van der Waals surface area contributed by atoms with Crippen molar-refractivity contribution in [2.24, 2.45) is 0 Å². The van der Waals surface area contributed by atoms with Gasteiger partial charge in [-0.2, -0.15) is 0 Å². The van der Waals surface area contributed by atoms with E-state index < -0.39 is 0 Å². The molecule has 0 radical (unpaired) electrons. The van der Waals surface area contributed by atoms with E-state index in [2.05, 4.69) is 26.8 Å². The minimum absolute atomic E-state index is 0.122. The van der Waals surface area contributed by atoms with Crippen molar-refractivity contribution < 1.29 is 5.11 Å². The predicted molar refractivity (Wildman–Crippen MR) is 91.1 cm³/mol. The van der Waals surface area contributed by atoms with Crippen LogP contribution in [0, 0.1) is 0 Å². The molecule has 1 N–H and O–H groups in total. The summed E-state index contributed by atoms with van der Waals surface area (Å²) in [5.74, 6) is 0. The summed E-state index contributed by atoms with van der Waals surface area (Å²) in [6.07, 6.45) is 18.6. The summed E-state index contributed by atoms with van der Waals surface area (Å²) >= 11 is 0. The minimum Gasteiger partial charge on any atom is -0.393 e. The van der Waals surface area contributed by atoms with Crippen molar-refractivity contribution in [3.8, 4) is 0 Å². The van der Waals surface area contributed by atoms with Crippen LogP contribution in [0.15, 0.2) is 11.6 Å². The predicted octanol–water partition coefficient (Wildman–Crippen LogP) is 6.40. The number of aliphatic hydroxyl groups excluding tert-OH is 1. The molecule has 0 aliphatic heterocycles. The third-order valence-electron chi connectivity index (χ3n) is 4.05. The Morgan fingerprint density at radius 3 is 2.00 bits per heavy atom. The lowest BCUT2D eigenvalue weighted by Gasteiger charge is -2.08. The van der Waals surface area contributed by atoms with Crippen LogP contribution in [0.3, 0.4) is 0 Å². The molecule has 0 aliphatic carbocycles. The van der Waals surface area contributed by atoms with Gasteiger partial charge in [-0.05, 0) is 32.6 Å². The van der Waals surface area contributed by atoms with Crippen molar-refractivity contribution in [3.63, 3.8) is 0 Å². The van der Waals surface area contributed by atoms with Crippen molar-refractivity contribution in [1.29, 1.82) is 0 Å². The molecule has 1 heteroatoms. The van der Waals surface area contributed by atoms with Crippen LogP contribution in [0.4, 0.5) is 0 Å². The Morgan fingerprint density at radius 2 is 1.40 bits per heavy atom. The molecule has 0 bridgehead atoms. The quantitative estimate of drug-likeness (QED) is 0.288. The number of hydrogen-bond acceptors (Lipinski definition) is 1. The highest BCUT2D eigenvalue weighted by molar-refractivity contribution is 4.98. The SMILES string of the molecule is CCCCCCCCCC/C(C)=C\CC(O)CCCC. The van der Waals surface area contributed by atoms with Gasteiger partial charge in [-0.25, -0.2) is 0 Å². The molecule has 20 heavy (non-hydrogen) atoms. The molecule has 0 amide bonds. The van der Waals surface area contributed by atoms with Gasteiger partial charge in [0.15, 0.2) is 0 Å². The largest absolute Gasteiger partial charge is 0.393 e. The number of hydrogen-bond donors (Lipinski definition) is 1. The second-order valence-electron chi connectivity index (χ2n) is 6.31. The number of rotatable bonds is 14. The van der Waals surface area contributed by atoms with Gasteiger partial charge in [0, 0.05) is 0 Å². The van der Waals surface area contributed by atoms with Gasteiger partial charge < -0.3 is 5.11 Å². The molecule has 0 saturated carbocycles. The maximum atomic E-state index is 9.80. The maximum absolute atomic E-state index is 9.80. The van der Waals surface area contributed by atoms with E-state index in [9.17, 15) is 5.11 Å². The van der Waals surface area contributed by atoms with Crippen molar-refractivity contribution in [2.45, 2.75) is 110 Å². The fourth-order valence-corrected chi connectivity index (χ4v) is 2.53. The van der Waals surface area contributed by atoms with Crippen molar-refractivity contribution in [2.75, 3.05) is 0 Å². The second-order valence-corrected chi connectivity index (χ2v) is 6.31. The summed E-state index contributed by atoms with van der Waals surface area (Å²) in [6, 6.07) is 0. The van der Waals surface area contributed by atoms with E-state index in [1.165, 1.54) is 69.8 Å². The van der Waals surface area contributed by atoms with E-state index >= 15 is 0 Å². The van der Waals surface area contributed by atoms with E-state index in [1.807, 2.05) is 0 Å². The van der Waals surface area contributed by atoms with Gasteiger partial charge in [-0.15, -0.1) is 0 Å². The lowest BCUT2D eigenvalue weighted by molar-refractivity contribution is 0.164. The fraction of sp³-hybridized carbons (Fsp3) is 0.895. The molecule has 120 valence electrons. The highest BCUT2D eigenvalue weighted by Gasteiger charge is 2.01. The highest BCUT2D eigenvalue weighted by Crippen LogP contribution is 2.14. The molecule has 0 aromatic carbocycles.